The number of rotatable bonds is 3. The molecule has 1 rings (SSSR count). The maximum Gasteiger partial charge on any atom is 0.276 e. The molecule has 2 N–H and O–H groups in total. The topological polar surface area (TPSA) is 71.3 Å². The molecule has 1 aromatic rings. The van der Waals surface area contributed by atoms with Crippen molar-refractivity contribution in [2.45, 2.75) is 6.92 Å². The number of carbonyl (C=O) groups excluding carboxylic acids is 1. The van der Waals surface area contributed by atoms with Crippen LogP contribution in [0.15, 0.2) is 40.7 Å². The highest BCUT2D eigenvalue weighted by Gasteiger charge is 2.09. The molecule has 0 unspecified atom stereocenters. The number of aromatic nitrogens is 1. The van der Waals surface area contributed by atoms with Crippen molar-refractivity contribution in [1.82, 2.24) is 4.68 Å². The monoisotopic (exact) mass is 252 g/mol. The summed E-state index contributed by atoms with van der Waals surface area (Å²) in [5.74, 6) is -0.874. The Morgan fingerprint density at radius 3 is 2.88 bits per heavy atom. The maximum absolute atomic E-state index is 11.6. The molecule has 0 aliphatic carbocycles. The summed E-state index contributed by atoms with van der Waals surface area (Å²) in [5, 5.41) is 9.41. The Balaban J connectivity index is 3.01. The van der Waals surface area contributed by atoms with Gasteiger partial charge in [-0.2, -0.15) is 0 Å². The highest BCUT2D eigenvalue weighted by atomic mass is 32.1. The summed E-state index contributed by atoms with van der Waals surface area (Å²) in [4.78, 5) is 22.8. The van der Waals surface area contributed by atoms with Gasteiger partial charge in [0.1, 0.15) is 0 Å². The summed E-state index contributed by atoms with van der Waals surface area (Å²) in [6.07, 6.45) is 4.21. The van der Waals surface area contributed by atoms with Crippen molar-refractivity contribution >= 4 is 18.5 Å². The fourth-order valence-corrected chi connectivity index (χ4v) is 1.26. The van der Waals surface area contributed by atoms with Crippen LogP contribution in [-0.4, -0.2) is 15.7 Å². The normalized spacial score (nSPS) is 11.1. The number of nitrogens with zero attached hydrogens (tertiary/aromatic N) is 1. The van der Waals surface area contributed by atoms with Gasteiger partial charge in [-0.05, 0) is 13.0 Å². The molecule has 5 nitrogen and oxygen atoms in total. The van der Waals surface area contributed by atoms with E-state index in [-0.39, 0.29) is 10.6 Å². The van der Waals surface area contributed by atoms with Gasteiger partial charge in [0.05, 0.1) is 10.6 Å². The first-order chi connectivity index (χ1) is 7.97. The van der Waals surface area contributed by atoms with E-state index in [1.165, 1.54) is 29.9 Å². The molecule has 0 fully saturated rings. The smallest absolute Gasteiger partial charge is 0.276 e. The van der Waals surface area contributed by atoms with Crippen LogP contribution < -0.4 is 10.9 Å². The second-order valence-corrected chi connectivity index (χ2v) is 3.69. The van der Waals surface area contributed by atoms with Crippen LogP contribution in [0.5, 0.6) is 5.75 Å². The minimum Gasteiger partial charge on any atom is -0.503 e. The SMILES string of the molecule is C=C/C=C(\S)C(=O)Nn1ccc(=O)c(O)c1C. The molecule has 1 heterocycles. The third kappa shape index (κ3) is 3.01. The molecule has 0 radical (unpaired) electrons. The van der Waals surface area contributed by atoms with E-state index in [0.29, 0.717) is 0 Å². The number of aromatic hydroxyl groups is 1. The molecule has 0 saturated heterocycles. The first-order valence-corrected chi connectivity index (χ1v) is 5.16. The second-order valence-electron chi connectivity index (χ2n) is 3.21. The molecule has 17 heavy (non-hydrogen) atoms. The minimum absolute atomic E-state index is 0.164. The Kier molecular flexibility index (Phi) is 4.17. The van der Waals surface area contributed by atoms with Gasteiger partial charge in [0.2, 0.25) is 5.43 Å². The molecule has 1 aromatic heterocycles. The molecule has 0 bridgehead atoms. The van der Waals surface area contributed by atoms with Crippen LogP contribution in [0.2, 0.25) is 0 Å². The lowest BCUT2D eigenvalue weighted by molar-refractivity contribution is -0.113. The maximum atomic E-state index is 11.6. The van der Waals surface area contributed by atoms with Gasteiger partial charge in [-0.25, -0.2) is 0 Å². The van der Waals surface area contributed by atoms with Gasteiger partial charge >= 0.3 is 0 Å². The molecule has 0 aromatic carbocycles. The van der Waals surface area contributed by atoms with E-state index in [2.05, 4.69) is 24.6 Å². The predicted octanol–water partition coefficient (Wildman–Crippen LogP) is 0.932. The van der Waals surface area contributed by atoms with Crippen molar-refractivity contribution in [1.29, 1.82) is 0 Å². The lowest BCUT2D eigenvalue weighted by Crippen LogP contribution is -2.25. The molecule has 0 aliphatic rings. The van der Waals surface area contributed by atoms with E-state index < -0.39 is 17.1 Å². The summed E-state index contributed by atoms with van der Waals surface area (Å²) in [6.45, 7) is 4.95. The lowest BCUT2D eigenvalue weighted by Gasteiger charge is -2.12. The number of hydrogen-bond donors (Lipinski definition) is 3. The van der Waals surface area contributed by atoms with Gasteiger partial charge < -0.3 is 5.11 Å². The van der Waals surface area contributed by atoms with Crippen LogP contribution in [0.1, 0.15) is 5.69 Å². The standard InChI is InChI=1S/C11H12N2O3S/c1-3-4-9(17)11(16)12-13-6-5-8(14)10(15)7(13)2/h3-6,15,17H,1H2,2H3,(H,12,16)/b9-4-. The molecule has 0 atom stereocenters. The number of carbonyl (C=O) groups is 1. The number of nitrogens with one attached hydrogen (secondary N) is 1. The number of allylic oxidation sites excluding steroid dienone is 2. The molecule has 0 aliphatic heterocycles. The zero-order chi connectivity index (χ0) is 13.0. The van der Waals surface area contributed by atoms with Gasteiger partial charge in [0, 0.05) is 12.3 Å². The van der Waals surface area contributed by atoms with E-state index in [1.54, 1.807) is 0 Å². The van der Waals surface area contributed by atoms with Gasteiger partial charge in [-0.15, -0.1) is 12.6 Å². The second kappa shape index (κ2) is 5.40. The Morgan fingerprint density at radius 1 is 1.65 bits per heavy atom. The average Bonchev–Trinajstić information content (AvgIpc) is 2.30. The zero-order valence-electron chi connectivity index (χ0n) is 9.17. The summed E-state index contributed by atoms with van der Waals surface area (Å²) in [6, 6.07) is 1.15. The van der Waals surface area contributed by atoms with Crippen molar-refractivity contribution < 1.29 is 9.90 Å². The molecule has 90 valence electrons. The Labute approximate surface area is 103 Å². The summed E-state index contributed by atoms with van der Waals surface area (Å²) in [5.41, 5.74) is 2.19. The van der Waals surface area contributed by atoms with E-state index in [0.717, 1.165) is 6.07 Å². The van der Waals surface area contributed by atoms with Crippen LogP contribution in [0.25, 0.3) is 0 Å². The van der Waals surface area contributed by atoms with Crippen molar-refractivity contribution in [2.75, 3.05) is 5.43 Å². The minimum atomic E-state index is -0.499. The van der Waals surface area contributed by atoms with Crippen molar-refractivity contribution in [3.63, 3.8) is 0 Å². The van der Waals surface area contributed by atoms with Gasteiger partial charge in [-0.3, -0.25) is 19.7 Å². The number of pyridine rings is 1. The van der Waals surface area contributed by atoms with Crippen LogP contribution in [0, 0.1) is 6.92 Å². The number of thiol groups is 1. The van der Waals surface area contributed by atoms with Gasteiger partial charge in [-0.1, -0.05) is 12.7 Å². The third-order valence-electron chi connectivity index (χ3n) is 2.04. The van der Waals surface area contributed by atoms with E-state index >= 15 is 0 Å². The Morgan fingerprint density at radius 2 is 2.29 bits per heavy atom. The quantitative estimate of drug-likeness (QED) is 0.426. The number of amides is 1. The molecule has 0 spiro atoms. The predicted molar refractivity (Wildman–Crippen MR) is 68.7 cm³/mol. The van der Waals surface area contributed by atoms with E-state index in [9.17, 15) is 14.7 Å². The average molecular weight is 252 g/mol. The van der Waals surface area contributed by atoms with Crippen molar-refractivity contribution in [3.8, 4) is 5.75 Å². The highest BCUT2D eigenvalue weighted by Crippen LogP contribution is 2.08. The fraction of sp³-hybridized carbons (Fsp3) is 0.0909. The van der Waals surface area contributed by atoms with Crippen LogP contribution in [0.4, 0.5) is 0 Å². The summed E-state index contributed by atoms with van der Waals surface area (Å²) < 4.78 is 1.24. The Hall–Kier alpha value is -1.95. The summed E-state index contributed by atoms with van der Waals surface area (Å²) >= 11 is 3.96. The first-order valence-electron chi connectivity index (χ1n) is 4.71. The molecule has 0 saturated carbocycles. The number of hydrogen-bond acceptors (Lipinski definition) is 4. The largest absolute Gasteiger partial charge is 0.503 e. The van der Waals surface area contributed by atoms with E-state index in [1.807, 2.05) is 0 Å². The molecule has 1 amide bonds. The van der Waals surface area contributed by atoms with Crippen molar-refractivity contribution in [3.05, 3.63) is 51.8 Å². The summed E-state index contributed by atoms with van der Waals surface area (Å²) in [7, 11) is 0. The van der Waals surface area contributed by atoms with Crippen LogP contribution >= 0.6 is 12.6 Å². The van der Waals surface area contributed by atoms with Crippen molar-refractivity contribution in [2.24, 2.45) is 0 Å². The lowest BCUT2D eigenvalue weighted by atomic mass is 10.3. The fourth-order valence-electron chi connectivity index (χ4n) is 1.10. The molecular weight excluding hydrogens is 240 g/mol. The van der Waals surface area contributed by atoms with Gasteiger partial charge in [0.15, 0.2) is 5.75 Å². The molecular formula is C11H12N2O3S. The van der Waals surface area contributed by atoms with Crippen LogP contribution in [-0.2, 0) is 4.79 Å². The van der Waals surface area contributed by atoms with Gasteiger partial charge in [0.25, 0.3) is 5.91 Å². The third-order valence-corrected chi connectivity index (χ3v) is 2.39. The zero-order valence-corrected chi connectivity index (χ0v) is 10.1. The Bertz CT molecular complexity index is 546. The molecule has 6 heteroatoms. The first kappa shape index (κ1) is 13.1. The van der Waals surface area contributed by atoms with E-state index in [4.69, 9.17) is 0 Å². The van der Waals surface area contributed by atoms with Crippen LogP contribution in [0.3, 0.4) is 0 Å². The highest BCUT2D eigenvalue weighted by molar-refractivity contribution is 7.85.